The predicted molar refractivity (Wildman–Crippen MR) is 99.2 cm³/mol. The molecule has 26 heavy (non-hydrogen) atoms. The molecule has 2 aromatic rings. The van der Waals surface area contributed by atoms with Crippen molar-refractivity contribution in [1.29, 1.82) is 0 Å². The maximum Gasteiger partial charge on any atom is 0.175 e. The van der Waals surface area contributed by atoms with E-state index in [1.54, 1.807) is 10.9 Å². The highest BCUT2D eigenvalue weighted by Gasteiger charge is 2.26. The molecule has 0 spiro atoms. The molecule has 140 valence electrons. The molecular weight excluding hydrogens is 352 g/mol. The molecule has 4 heterocycles. The van der Waals surface area contributed by atoms with E-state index in [0.29, 0.717) is 23.2 Å². The number of aromatic nitrogens is 4. The van der Waals surface area contributed by atoms with Crippen LogP contribution in [0.2, 0.25) is 0 Å². The molecule has 9 heteroatoms. The van der Waals surface area contributed by atoms with Gasteiger partial charge in [-0.3, -0.25) is 4.90 Å². The van der Waals surface area contributed by atoms with E-state index in [4.69, 9.17) is 0 Å². The summed E-state index contributed by atoms with van der Waals surface area (Å²) in [5.41, 5.74) is 0. The molecule has 2 aromatic heterocycles. The quantitative estimate of drug-likeness (QED) is 0.773. The summed E-state index contributed by atoms with van der Waals surface area (Å²) in [5.74, 6) is 2.83. The molecule has 8 nitrogen and oxygen atoms in total. The Morgan fingerprint density at radius 2 is 1.69 bits per heavy atom. The van der Waals surface area contributed by atoms with Gasteiger partial charge in [-0.2, -0.15) is 5.10 Å². The third kappa shape index (κ3) is 4.04. The summed E-state index contributed by atoms with van der Waals surface area (Å²) in [6.45, 7) is 4.80. The second-order valence-electron chi connectivity index (χ2n) is 7.08. The Kier molecular flexibility index (Phi) is 4.90. The molecule has 0 bridgehead atoms. The zero-order valence-corrected chi connectivity index (χ0v) is 15.6. The van der Waals surface area contributed by atoms with Crippen LogP contribution in [0.15, 0.2) is 30.6 Å². The highest BCUT2D eigenvalue weighted by atomic mass is 32.2. The zero-order chi connectivity index (χ0) is 18.0. The molecule has 0 amide bonds. The minimum absolute atomic E-state index is 0.357. The van der Waals surface area contributed by atoms with E-state index in [9.17, 15) is 8.42 Å². The number of sulfone groups is 1. The first-order chi connectivity index (χ1) is 12.6. The summed E-state index contributed by atoms with van der Waals surface area (Å²) in [6, 6.07) is 5.78. The van der Waals surface area contributed by atoms with Gasteiger partial charge in [-0.25, -0.2) is 13.1 Å². The maximum absolute atomic E-state index is 11.5. The smallest absolute Gasteiger partial charge is 0.175 e. The molecule has 0 N–H and O–H groups in total. The van der Waals surface area contributed by atoms with Crippen molar-refractivity contribution < 1.29 is 8.42 Å². The van der Waals surface area contributed by atoms with Gasteiger partial charge in [-0.05, 0) is 37.0 Å². The van der Waals surface area contributed by atoms with Crippen LogP contribution in [0, 0.1) is 5.92 Å². The van der Waals surface area contributed by atoms with Crippen molar-refractivity contribution in [2.75, 3.05) is 49.1 Å². The van der Waals surface area contributed by atoms with Gasteiger partial charge in [0.15, 0.2) is 11.6 Å². The summed E-state index contributed by atoms with van der Waals surface area (Å²) in [6.07, 6.45) is 5.18. The van der Waals surface area contributed by atoms with Crippen molar-refractivity contribution in [2.45, 2.75) is 12.8 Å². The van der Waals surface area contributed by atoms with Gasteiger partial charge >= 0.3 is 0 Å². The van der Waals surface area contributed by atoms with Crippen LogP contribution in [0.1, 0.15) is 12.8 Å². The minimum atomic E-state index is -2.77. The van der Waals surface area contributed by atoms with Crippen LogP contribution in [-0.4, -0.2) is 77.5 Å². The van der Waals surface area contributed by atoms with E-state index in [0.717, 1.165) is 51.4 Å². The summed E-state index contributed by atoms with van der Waals surface area (Å²) in [5, 5.41) is 12.8. The Morgan fingerprint density at radius 3 is 2.31 bits per heavy atom. The van der Waals surface area contributed by atoms with E-state index in [-0.39, 0.29) is 0 Å². The maximum atomic E-state index is 11.5. The first kappa shape index (κ1) is 17.4. The summed E-state index contributed by atoms with van der Waals surface area (Å²) >= 11 is 0. The summed E-state index contributed by atoms with van der Waals surface area (Å²) < 4.78 is 24.8. The highest BCUT2D eigenvalue weighted by Crippen LogP contribution is 2.21. The van der Waals surface area contributed by atoms with E-state index in [1.165, 1.54) is 0 Å². The van der Waals surface area contributed by atoms with Crippen LogP contribution in [0.3, 0.4) is 0 Å². The topological polar surface area (TPSA) is 84.2 Å². The molecule has 0 unspecified atom stereocenters. The van der Waals surface area contributed by atoms with E-state index < -0.39 is 9.84 Å². The third-order valence-corrected chi connectivity index (χ3v) is 6.98. The highest BCUT2D eigenvalue weighted by molar-refractivity contribution is 7.91. The predicted octanol–water partition coefficient (Wildman–Crippen LogP) is 0.609. The van der Waals surface area contributed by atoms with Gasteiger partial charge in [0.1, 0.15) is 9.84 Å². The van der Waals surface area contributed by atoms with Crippen molar-refractivity contribution in [3.8, 4) is 5.82 Å². The number of hydrogen-bond acceptors (Lipinski definition) is 7. The Hall–Kier alpha value is -2.00. The summed E-state index contributed by atoms with van der Waals surface area (Å²) in [4.78, 5) is 4.70. The van der Waals surface area contributed by atoms with Crippen LogP contribution >= 0.6 is 0 Å². The molecule has 0 aliphatic carbocycles. The molecular formula is C17H24N6O2S. The summed E-state index contributed by atoms with van der Waals surface area (Å²) in [7, 11) is -2.77. The van der Waals surface area contributed by atoms with Crippen molar-refractivity contribution in [2.24, 2.45) is 5.92 Å². The number of piperazine rings is 1. The standard InChI is InChI=1S/C17H24N6O2S/c24-26(25)12-4-15(5-13-26)14-21-8-10-22(11-9-21)16-2-3-17(20-19-16)23-7-1-6-18-23/h1-3,6-7,15H,4-5,8-14H2. The van der Waals surface area contributed by atoms with Crippen molar-refractivity contribution in [1.82, 2.24) is 24.9 Å². The second-order valence-corrected chi connectivity index (χ2v) is 9.39. The molecule has 0 aromatic carbocycles. The van der Waals surface area contributed by atoms with Gasteiger partial charge in [0, 0.05) is 45.1 Å². The van der Waals surface area contributed by atoms with Gasteiger partial charge in [-0.1, -0.05) is 0 Å². The average Bonchev–Trinajstić information content (AvgIpc) is 3.19. The number of rotatable bonds is 4. The van der Waals surface area contributed by atoms with Crippen LogP contribution in [0.5, 0.6) is 0 Å². The number of hydrogen-bond donors (Lipinski definition) is 0. The van der Waals surface area contributed by atoms with Crippen LogP contribution in [0.25, 0.3) is 5.82 Å². The molecule has 2 aliphatic heterocycles. The van der Waals surface area contributed by atoms with Crippen LogP contribution in [0.4, 0.5) is 5.82 Å². The third-order valence-electron chi connectivity index (χ3n) is 5.26. The van der Waals surface area contributed by atoms with Gasteiger partial charge < -0.3 is 4.90 Å². The molecule has 0 radical (unpaired) electrons. The van der Waals surface area contributed by atoms with Crippen molar-refractivity contribution >= 4 is 15.7 Å². The molecule has 2 aliphatic rings. The van der Waals surface area contributed by atoms with Crippen LogP contribution < -0.4 is 4.90 Å². The molecule has 0 atom stereocenters. The van der Waals surface area contributed by atoms with E-state index >= 15 is 0 Å². The lowest BCUT2D eigenvalue weighted by Crippen LogP contribution is -2.48. The van der Waals surface area contributed by atoms with Crippen molar-refractivity contribution in [3.05, 3.63) is 30.6 Å². The van der Waals surface area contributed by atoms with Gasteiger partial charge in [0.05, 0.1) is 11.5 Å². The Morgan fingerprint density at radius 1 is 1.00 bits per heavy atom. The Labute approximate surface area is 153 Å². The lowest BCUT2D eigenvalue weighted by Gasteiger charge is -2.37. The fourth-order valence-electron chi connectivity index (χ4n) is 3.66. The van der Waals surface area contributed by atoms with E-state index in [1.807, 2.05) is 24.4 Å². The zero-order valence-electron chi connectivity index (χ0n) is 14.7. The fraction of sp³-hybridized carbons (Fsp3) is 0.588. The van der Waals surface area contributed by atoms with Gasteiger partial charge in [0.25, 0.3) is 0 Å². The molecule has 4 rings (SSSR count). The largest absolute Gasteiger partial charge is 0.353 e. The number of anilines is 1. The number of nitrogens with zero attached hydrogens (tertiary/aromatic N) is 6. The Balaban J connectivity index is 1.28. The Bertz CT molecular complexity index is 799. The molecule has 2 saturated heterocycles. The van der Waals surface area contributed by atoms with Gasteiger partial charge in [0.2, 0.25) is 0 Å². The minimum Gasteiger partial charge on any atom is -0.353 e. The SMILES string of the molecule is O=S1(=O)CCC(CN2CCN(c3ccc(-n4cccn4)nn3)CC2)CC1. The molecule has 0 saturated carbocycles. The molecule has 2 fully saturated rings. The van der Waals surface area contributed by atoms with E-state index in [2.05, 4.69) is 25.1 Å². The first-order valence-electron chi connectivity index (χ1n) is 9.10. The van der Waals surface area contributed by atoms with Crippen LogP contribution in [-0.2, 0) is 9.84 Å². The first-order valence-corrected chi connectivity index (χ1v) is 10.9. The lowest BCUT2D eigenvalue weighted by molar-refractivity contribution is 0.210. The average molecular weight is 376 g/mol. The normalized spacial score (nSPS) is 21.8. The lowest BCUT2D eigenvalue weighted by atomic mass is 10.0. The monoisotopic (exact) mass is 376 g/mol. The second kappa shape index (κ2) is 7.32. The van der Waals surface area contributed by atoms with Crippen molar-refractivity contribution in [3.63, 3.8) is 0 Å². The van der Waals surface area contributed by atoms with Gasteiger partial charge in [-0.15, -0.1) is 10.2 Å². The fourth-order valence-corrected chi connectivity index (χ4v) is 5.25.